The minimum absolute atomic E-state index is 0.0577. The lowest BCUT2D eigenvalue weighted by molar-refractivity contribution is 0.0250. The van der Waals surface area contributed by atoms with Crippen molar-refractivity contribution in [3.8, 4) is 5.75 Å². The summed E-state index contributed by atoms with van der Waals surface area (Å²) in [7, 11) is -3.94. The molecule has 1 N–H and O–H groups in total. The number of ether oxygens (including phenoxy) is 2. The number of pyridine rings is 1. The third kappa shape index (κ3) is 5.58. The molecule has 210 valence electrons. The summed E-state index contributed by atoms with van der Waals surface area (Å²) in [6, 6.07) is 7.18. The van der Waals surface area contributed by atoms with Gasteiger partial charge >= 0.3 is 0 Å². The molecule has 0 unspecified atom stereocenters. The van der Waals surface area contributed by atoms with Crippen molar-refractivity contribution in [2.24, 2.45) is 0 Å². The minimum atomic E-state index is -3.94. The minimum Gasteiger partial charge on any atom is -0.490 e. The number of carbonyl (C=O) groups excluding carboxylic acids is 1. The summed E-state index contributed by atoms with van der Waals surface area (Å²) in [5.74, 6) is -0.752. The Kier molecular flexibility index (Phi) is 7.27. The van der Waals surface area contributed by atoms with Gasteiger partial charge < -0.3 is 14.4 Å². The van der Waals surface area contributed by atoms with Crippen molar-refractivity contribution in [2.45, 2.75) is 63.1 Å². The molecule has 2 fully saturated rings. The van der Waals surface area contributed by atoms with Crippen molar-refractivity contribution < 1.29 is 31.5 Å². The number of amides is 1. The Morgan fingerprint density at radius 2 is 1.92 bits per heavy atom. The van der Waals surface area contributed by atoms with E-state index in [2.05, 4.69) is 9.82 Å². The van der Waals surface area contributed by atoms with Crippen LogP contribution in [-0.4, -0.2) is 60.7 Å². The van der Waals surface area contributed by atoms with E-state index in [0.29, 0.717) is 48.6 Å². The number of aromatic nitrogens is 2. The molecule has 2 aliphatic heterocycles. The van der Waals surface area contributed by atoms with Crippen LogP contribution in [0.1, 0.15) is 62.0 Å². The molecule has 3 aromatic rings. The van der Waals surface area contributed by atoms with Crippen molar-refractivity contribution in [3.63, 3.8) is 0 Å². The number of carbonyl (C=O) groups is 1. The van der Waals surface area contributed by atoms with Gasteiger partial charge in [0.05, 0.1) is 41.3 Å². The Morgan fingerprint density at radius 1 is 1.18 bits per heavy atom. The van der Waals surface area contributed by atoms with Crippen LogP contribution in [0, 0.1) is 5.82 Å². The lowest BCUT2D eigenvalue weighted by atomic mass is 10.0. The molecule has 2 atom stereocenters. The Bertz CT molecular complexity index is 1480. The van der Waals surface area contributed by atoms with Crippen LogP contribution in [0.5, 0.6) is 5.75 Å². The first-order valence-corrected chi connectivity index (χ1v) is 14.4. The first-order valence-electron chi connectivity index (χ1n) is 12.9. The number of nitrogens with one attached hydrogen (secondary N) is 1. The van der Waals surface area contributed by atoms with Gasteiger partial charge in [0.1, 0.15) is 23.8 Å². The largest absolute Gasteiger partial charge is 0.490 e. The molecular weight excluding hydrogens is 530 g/mol. The first-order chi connectivity index (χ1) is 18.4. The van der Waals surface area contributed by atoms with Crippen LogP contribution < -0.4 is 14.4 Å². The van der Waals surface area contributed by atoms with Crippen molar-refractivity contribution in [2.75, 3.05) is 24.7 Å². The van der Waals surface area contributed by atoms with Crippen LogP contribution in [0.15, 0.2) is 42.7 Å². The summed E-state index contributed by atoms with van der Waals surface area (Å²) in [6.07, 6.45) is 3.22. The molecule has 2 saturated heterocycles. The zero-order valence-corrected chi connectivity index (χ0v) is 22.9. The average molecular weight is 563 g/mol. The van der Waals surface area contributed by atoms with Gasteiger partial charge in [-0.1, -0.05) is 0 Å². The van der Waals surface area contributed by atoms with Crippen molar-refractivity contribution >= 4 is 27.1 Å². The number of nitrogens with zero attached hydrogens (tertiary/aromatic N) is 3. The molecule has 2 aliphatic rings. The van der Waals surface area contributed by atoms with Gasteiger partial charge in [0.25, 0.3) is 5.91 Å². The van der Waals surface area contributed by atoms with Gasteiger partial charge in [0.15, 0.2) is 0 Å². The Hall–Kier alpha value is -3.25. The SMILES string of the molecule is CC(C)(C)S(=O)(=O)NC(=O)c1cnn2ccc(N3C[C@@H](F)C[C@@H]3c3cc(F)ccc3OC3CCOCC3)cc12. The smallest absolute Gasteiger partial charge is 0.268 e. The third-order valence-electron chi connectivity index (χ3n) is 7.16. The molecule has 5 rings (SSSR count). The number of hydrogen-bond acceptors (Lipinski definition) is 7. The van der Waals surface area contributed by atoms with Gasteiger partial charge in [-0.15, -0.1) is 0 Å². The van der Waals surface area contributed by atoms with Crippen LogP contribution in [-0.2, 0) is 14.8 Å². The fraction of sp³-hybridized carbons (Fsp3) is 0.481. The van der Waals surface area contributed by atoms with Crippen molar-refractivity contribution in [1.29, 1.82) is 0 Å². The number of hydrogen-bond donors (Lipinski definition) is 1. The standard InChI is InChI=1S/C27H32F2N4O5S/c1-27(2,3)39(35,36)31-26(34)22-15-30-33-9-6-19(14-24(22)33)32-16-18(29)13-23(32)21-12-17(28)4-5-25(21)38-20-7-10-37-11-8-20/h4-6,9,12,14-15,18,20,23H,7-8,10-11,13,16H2,1-3H3,(H,31,34)/t18-,23+/m0/s1. The number of rotatable bonds is 6. The summed E-state index contributed by atoms with van der Waals surface area (Å²) in [5.41, 5.74) is 1.55. The Morgan fingerprint density at radius 3 is 2.64 bits per heavy atom. The van der Waals surface area contributed by atoms with E-state index < -0.39 is 38.7 Å². The van der Waals surface area contributed by atoms with Crippen LogP contribution in [0.2, 0.25) is 0 Å². The molecule has 0 spiro atoms. The third-order valence-corrected chi connectivity index (χ3v) is 9.22. The summed E-state index contributed by atoms with van der Waals surface area (Å²) in [5, 5.41) is 4.17. The molecule has 12 heteroatoms. The summed E-state index contributed by atoms with van der Waals surface area (Å²) in [4.78, 5) is 14.8. The van der Waals surface area contributed by atoms with E-state index in [-0.39, 0.29) is 24.6 Å². The van der Waals surface area contributed by atoms with Crippen LogP contribution in [0.3, 0.4) is 0 Å². The first kappa shape index (κ1) is 27.3. The molecule has 0 saturated carbocycles. The fourth-order valence-electron chi connectivity index (χ4n) is 4.88. The number of anilines is 1. The van der Waals surface area contributed by atoms with Gasteiger partial charge in [-0.3, -0.25) is 4.79 Å². The predicted molar refractivity (Wildman–Crippen MR) is 142 cm³/mol. The summed E-state index contributed by atoms with van der Waals surface area (Å²) >= 11 is 0. The highest BCUT2D eigenvalue weighted by Crippen LogP contribution is 2.42. The maximum Gasteiger partial charge on any atom is 0.268 e. The molecule has 0 radical (unpaired) electrons. The van der Waals surface area contributed by atoms with Gasteiger partial charge in [-0.2, -0.15) is 5.10 Å². The fourth-order valence-corrected chi connectivity index (χ4v) is 5.54. The summed E-state index contributed by atoms with van der Waals surface area (Å²) < 4.78 is 68.5. The average Bonchev–Trinajstić information content (AvgIpc) is 3.48. The van der Waals surface area contributed by atoms with Gasteiger partial charge in [0.2, 0.25) is 10.0 Å². The highest BCUT2D eigenvalue weighted by molar-refractivity contribution is 7.91. The molecule has 0 bridgehead atoms. The molecule has 0 aliphatic carbocycles. The second-order valence-electron chi connectivity index (χ2n) is 10.9. The van der Waals surface area contributed by atoms with Gasteiger partial charge in [0, 0.05) is 43.3 Å². The molecule has 4 heterocycles. The van der Waals surface area contributed by atoms with Crippen LogP contribution in [0.25, 0.3) is 5.52 Å². The second-order valence-corrected chi connectivity index (χ2v) is 13.4. The highest BCUT2D eigenvalue weighted by atomic mass is 32.2. The quantitative estimate of drug-likeness (QED) is 0.481. The molecule has 1 amide bonds. The van der Waals surface area contributed by atoms with Crippen LogP contribution in [0.4, 0.5) is 14.5 Å². The number of sulfonamides is 1. The van der Waals surface area contributed by atoms with E-state index >= 15 is 0 Å². The highest BCUT2D eigenvalue weighted by Gasteiger charge is 2.36. The van der Waals surface area contributed by atoms with E-state index in [4.69, 9.17) is 9.47 Å². The topological polar surface area (TPSA) is 102 Å². The van der Waals surface area contributed by atoms with E-state index in [1.54, 1.807) is 24.4 Å². The van der Waals surface area contributed by atoms with Gasteiger partial charge in [-0.25, -0.2) is 26.4 Å². The molecule has 39 heavy (non-hydrogen) atoms. The molecule has 2 aromatic heterocycles. The van der Waals surface area contributed by atoms with Crippen molar-refractivity contribution in [1.82, 2.24) is 14.3 Å². The maximum absolute atomic E-state index is 14.9. The van der Waals surface area contributed by atoms with E-state index in [0.717, 1.165) is 0 Å². The normalized spacial score (nSPS) is 20.9. The van der Waals surface area contributed by atoms with Crippen LogP contribution >= 0.6 is 0 Å². The lowest BCUT2D eigenvalue weighted by Gasteiger charge is -2.30. The summed E-state index contributed by atoms with van der Waals surface area (Å²) in [6.45, 7) is 5.70. The molecular formula is C27H32F2N4O5S. The van der Waals surface area contributed by atoms with Crippen molar-refractivity contribution in [3.05, 3.63) is 59.7 Å². The maximum atomic E-state index is 14.9. The predicted octanol–water partition coefficient (Wildman–Crippen LogP) is 4.18. The Balaban J connectivity index is 1.48. The van der Waals surface area contributed by atoms with E-state index in [1.807, 2.05) is 4.90 Å². The number of alkyl halides is 1. The Labute approximate surface area is 226 Å². The van der Waals surface area contributed by atoms with E-state index in [9.17, 15) is 22.0 Å². The number of fused-ring (bicyclic) bond motifs is 1. The zero-order chi connectivity index (χ0) is 27.9. The second kappa shape index (κ2) is 10.4. The molecule has 1 aromatic carbocycles. The number of benzene rings is 1. The molecule has 9 nitrogen and oxygen atoms in total. The van der Waals surface area contributed by atoms with Gasteiger partial charge in [-0.05, 0) is 51.1 Å². The number of halogens is 2. The monoisotopic (exact) mass is 562 g/mol. The van der Waals surface area contributed by atoms with E-state index in [1.165, 1.54) is 43.6 Å². The lowest BCUT2D eigenvalue weighted by Crippen LogP contribution is -2.42. The zero-order valence-electron chi connectivity index (χ0n) is 22.1.